The van der Waals surface area contributed by atoms with Gasteiger partial charge in [0.25, 0.3) is 21.8 Å². The molecule has 4 aromatic rings. The average molecular weight is 588 g/mol. The van der Waals surface area contributed by atoms with Crippen LogP contribution in [0.25, 0.3) is 0 Å². The molecule has 10 heteroatoms. The van der Waals surface area contributed by atoms with Gasteiger partial charge in [-0.3, -0.25) is 19.4 Å². The summed E-state index contributed by atoms with van der Waals surface area (Å²) in [6.07, 6.45) is 3.67. The highest BCUT2D eigenvalue weighted by Crippen LogP contribution is 2.27. The number of aromatic nitrogens is 1. The van der Waals surface area contributed by atoms with E-state index in [-0.39, 0.29) is 41.5 Å². The second kappa shape index (κ2) is 11.6. The van der Waals surface area contributed by atoms with Crippen LogP contribution in [0.3, 0.4) is 0 Å². The van der Waals surface area contributed by atoms with Crippen LogP contribution in [0.2, 0.25) is 5.02 Å². The molecule has 0 spiro atoms. The topological polar surface area (TPSA) is 114 Å². The smallest absolute Gasteiger partial charge is 0.264 e. The molecule has 1 N–H and O–H groups in total. The van der Waals surface area contributed by atoms with E-state index in [1.165, 1.54) is 29.2 Å². The van der Waals surface area contributed by atoms with Crippen molar-refractivity contribution in [1.29, 1.82) is 0 Å². The third-order valence-corrected chi connectivity index (χ3v) is 8.53. The Morgan fingerprint density at radius 1 is 1.00 bits per heavy atom. The van der Waals surface area contributed by atoms with E-state index >= 15 is 0 Å². The molecule has 2 amide bonds. The van der Waals surface area contributed by atoms with Crippen LogP contribution in [0.5, 0.6) is 0 Å². The maximum Gasteiger partial charge on any atom is 0.264 e. The summed E-state index contributed by atoms with van der Waals surface area (Å²) in [5.74, 6) is -1.21. The maximum absolute atomic E-state index is 13.8. The van der Waals surface area contributed by atoms with Gasteiger partial charge in [0.2, 0.25) is 0 Å². The number of Topliss-reactive ketones (excluding diaryl/α,β-unsaturated/α-hetero) is 1. The molecular weight excluding hydrogens is 562 g/mol. The normalized spacial score (nSPS) is 15.3. The Balaban J connectivity index is 1.39. The molecule has 1 aliphatic heterocycles. The lowest BCUT2D eigenvalue weighted by atomic mass is 9.98. The Labute approximate surface area is 243 Å². The molecule has 0 aliphatic carbocycles. The second-order valence-corrected chi connectivity index (χ2v) is 12.0. The van der Waals surface area contributed by atoms with Crippen molar-refractivity contribution in [3.63, 3.8) is 0 Å². The van der Waals surface area contributed by atoms with Crippen LogP contribution in [0.1, 0.15) is 43.0 Å². The Morgan fingerprint density at radius 3 is 2.41 bits per heavy atom. The number of ketones is 1. The van der Waals surface area contributed by atoms with Crippen LogP contribution in [0.4, 0.5) is 0 Å². The lowest BCUT2D eigenvalue weighted by Crippen LogP contribution is -2.44. The highest BCUT2D eigenvalue weighted by atomic mass is 35.5. The number of sulfonamides is 1. The SMILES string of the molecule is Cc1ccc(S(=O)(=O)NC(=O)c2ccc(CN3C(=O)c4ccc(Cl)cc4CC(=O)[C@H]3Cc3cccnc3)cc2)cc1. The molecule has 208 valence electrons. The highest BCUT2D eigenvalue weighted by molar-refractivity contribution is 7.90. The number of pyridine rings is 1. The molecular formula is C31H26ClN3O5S. The third-order valence-electron chi connectivity index (χ3n) is 6.95. The molecule has 0 fully saturated rings. The summed E-state index contributed by atoms with van der Waals surface area (Å²) >= 11 is 6.16. The van der Waals surface area contributed by atoms with Crippen molar-refractivity contribution < 1.29 is 22.8 Å². The minimum atomic E-state index is -4.05. The van der Waals surface area contributed by atoms with Gasteiger partial charge in [-0.15, -0.1) is 0 Å². The number of halogens is 1. The zero-order chi connectivity index (χ0) is 29.1. The Hall–Kier alpha value is -4.34. The molecule has 0 saturated carbocycles. The lowest BCUT2D eigenvalue weighted by Gasteiger charge is -2.29. The standard InChI is InChI=1S/C31H26ClN3O5S/c1-20-4-11-26(12-5-20)41(39,40)34-30(37)23-8-6-21(7-9-23)19-35-28(15-22-3-2-14-33-18-22)29(36)17-24-16-25(32)10-13-27(24)31(35)38/h2-14,16,18,28H,15,17,19H2,1H3,(H,34,37)/t28-/m1/s1. The first-order valence-corrected chi connectivity index (χ1v) is 14.7. The van der Waals surface area contributed by atoms with E-state index < -0.39 is 22.0 Å². The van der Waals surface area contributed by atoms with Gasteiger partial charge in [0.15, 0.2) is 5.78 Å². The molecule has 5 rings (SSSR count). The number of rotatable bonds is 7. The molecule has 0 saturated heterocycles. The lowest BCUT2D eigenvalue weighted by molar-refractivity contribution is -0.122. The van der Waals surface area contributed by atoms with Crippen LogP contribution >= 0.6 is 11.6 Å². The van der Waals surface area contributed by atoms with Crippen molar-refractivity contribution in [3.8, 4) is 0 Å². The van der Waals surface area contributed by atoms with Gasteiger partial charge >= 0.3 is 0 Å². The number of aryl methyl sites for hydroxylation is 1. The van der Waals surface area contributed by atoms with Gasteiger partial charge in [-0.1, -0.05) is 47.5 Å². The Bertz CT molecular complexity index is 1720. The molecule has 2 heterocycles. The van der Waals surface area contributed by atoms with E-state index in [1.54, 1.807) is 60.9 Å². The van der Waals surface area contributed by atoms with E-state index in [0.29, 0.717) is 21.7 Å². The van der Waals surface area contributed by atoms with Gasteiger partial charge in [0.1, 0.15) is 0 Å². The molecule has 0 bridgehead atoms. The van der Waals surface area contributed by atoms with Gasteiger partial charge in [0.05, 0.1) is 10.9 Å². The van der Waals surface area contributed by atoms with Crippen molar-refractivity contribution in [1.82, 2.24) is 14.6 Å². The number of hydrogen-bond donors (Lipinski definition) is 1. The second-order valence-electron chi connectivity index (χ2n) is 9.90. The summed E-state index contributed by atoms with van der Waals surface area (Å²) in [6.45, 7) is 1.93. The quantitative estimate of drug-likeness (QED) is 0.340. The number of amides is 2. The van der Waals surface area contributed by atoms with Crippen molar-refractivity contribution in [2.75, 3.05) is 0 Å². The molecule has 1 atom stereocenters. The van der Waals surface area contributed by atoms with E-state index in [0.717, 1.165) is 11.1 Å². The third kappa shape index (κ3) is 6.37. The predicted molar refractivity (Wildman–Crippen MR) is 154 cm³/mol. The van der Waals surface area contributed by atoms with Crippen molar-refractivity contribution >= 4 is 39.2 Å². The van der Waals surface area contributed by atoms with Gasteiger partial charge in [-0.2, -0.15) is 0 Å². The first-order chi connectivity index (χ1) is 19.6. The van der Waals surface area contributed by atoms with Crippen LogP contribution in [-0.4, -0.2) is 41.9 Å². The van der Waals surface area contributed by atoms with E-state index in [9.17, 15) is 22.8 Å². The Kier molecular flexibility index (Phi) is 8.01. The average Bonchev–Trinajstić information content (AvgIpc) is 3.03. The van der Waals surface area contributed by atoms with Crippen molar-refractivity contribution in [2.24, 2.45) is 0 Å². The summed E-state index contributed by atoms with van der Waals surface area (Å²) in [5, 5.41) is 0.444. The number of nitrogens with one attached hydrogen (secondary N) is 1. The van der Waals surface area contributed by atoms with Gasteiger partial charge in [0, 0.05) is 47.9 Å². The summed E-state index contributed by atoms with van der Waals surface area (Å²) in [5.41, 5.74) is 3.49. The highest BCUT2D eigenvalue weighted by Gasteiger charge is 2.35. The van der Waals surface area contributed by atoms with Gasteiger partial charge in [-0.25, -0.2) is 13.1 Å². The number of nitrogens with zero attached hydrogens (tertiary/aromatic N) is 2. The van der Waals surface area contributed by atoms with E-state index in [2.05, 4.69) is 9.71 Å². The van der Waals surface area contributed by atoms with Gasteiger partial charge < -0.3 is 4.90 Å². The molecule has 41 heavy (non-hydrogen) atoms. The number of hydrogen-bond acceptors (Lipinski definition) is 6. The maximum atomic E-state index is 13.8. The minimum absolute atomic E-state index is 0.0151. The van der Waals surface area contributed by atoms with Crippen LogP contribution in [-0.2, 0) is 34.2 Å². The Morgan fingerprint density at radius 2 is 1.73 bits per heavy atom. The largest absolute Gasteiger partial charge is 0.324 e. The molecule has 1 aliphatic rings. The summed E-state index contributed by atoms with van der Waals surface area (Å²) in [6, 6.07) is 20.2. The first kappa shape index (κ1) is 28.2. The fourth-order valence-electron chi connectivity index (χ4n) is 4.76. The number of benzene rings is 3. The van der Waals surface area contributed by atoms with E-state index in [1.807, 2.05) is 13.0 Å². The summed E-state index contributed by atoms with van der Waals surface area (Å²) in [4.78, 5) is 45.7. The van der Waals surface area contributed by atoms with E-state index in [4.69, 9.17) is 11.6 Å². The van der Waals surface area contributed by atoms with Crippen LogP contribution < -0.4 is 4.72 Å². The minimum Gasteiger partial charge on any atom is -0.324 e. The number of carbonyl (C=O) groups is 3. The summed E-state index contributed by atoms with van der Waals surface area (Å²) in [7, 11) is -4.05. The zero-order valence-corrected chi connectivity index (χ0v) is 23.7. The fraction of sp³-hybridized carbons (Fsp3) is 0.161. The van der Waals surface area contributed by atoms with Crippen molar-refractivity contribution in [3.05, 3.63) is 130 Å². The molecule has 0 radical (unpaired) electrons. The van der Waals surface area contributed by atoms with Crippen LogP contribution in [0.15, 0.2) is 96.2 Å². The number of fused-ring (bicyclic) bond motifs is 1. The monoisotopic (exact) mass is 587 g/mol. The predicted octanol–water partition coefficient (Wildman–Crippen LogP) is 4.54. The molecule has 1 aromatic heterocycles. The zero-order valence-electron chi connectivity index (χ0n) is 22.1. The number of carbonyl (C=O) groups excluding carboxylic acids is 3. The van der Waals surface area contributed by atoms with Crippen molar-refractivity contribution in [2.45, 2.75) is 37.2 Å². The van der Waals surface area contributed by atoms with Gasteiger partial charge in [-0.05, 0) is 72.1 Å². The fourth-order valence-corrected chi connectivity index (χ4v) is 5.93. The first-order valence-electron chi connectivity index (χ1n) is 12.8. The van der Waals surface area contributed by atoms with Crippen LogP contribution in [0, 0.1) is 6.92 Å². The molecule has 0 unspecified atom stereocenters. The summed E-state index contributed by atoms with van der Waals surface area (Å²) < 4.78 is 27.4. The molecule has 8 nitrogen and oxygen atoms in total. The molecule has 3 aromatic carbocycles.